The standard InChI is InChI=1S/C18H21BrN4O4/c1-4-12(3)27-17-14(19)9-13(10-16(17)26-5-2)11-21-22-18-15(23(24)25)7-6-8-20-18/h6-12H,4-5H2,1-3H3,(H,20,22)/b21-11-/t12-/m0/s1. The van der Waals surface area contributed by atoms with Gasteiger partial charge < -0.3 is 9.47 Å². The minimum absolute atomic E-state index is 0.0476. The summed E-state index contributed by atoms with van der Waals surface area (Å²) in [6.07, 6.45) is 3.90. The summed E-state index contributed by atoms with van der Waals surface area (Å²) in [6.45, 7) is 6.41. The molecule has 0 amide bonds. The first-order valence-electron chi connectivity index (χ1n) is 8.47. The van der Waals surface area contributed by atoms with Crippen LogP contribution < -0.4 is 14.9 Å². The first-order chi connectivity index (χ1) is 13.0. The molecule has 0 radical (unpaired) electrons. The number of pyridine rings is 1. The van der Waals surface area contributed by atoms with Crippen LogP contribution in [-0.2, 0) is 0 Å². The molecule has 2 rings (SSSR count). The van der Waals surface area contributed by atoms with E-state index in [1.54, 1.807) is 6.07 Å². The van der Waals surface area contributed by atoms with Gasteiger partial charge in [0.1, 0.15) is 0 Å². The van der Waals surface area contributed by atoms with Crippen molar-refractivity contribution < 1.29 is 14.4 Å². The van der Waals surface area contributed by atoms with Crippen LogP contribution in [0.1, 0.15) is 32.8 Å². The average Bonchev–Trinajstić information content (AvgIpc) is 2.64. The molecule has 1 heterocycles. The van der Waals surface area contributed by atoms with Gasteiger partial charge in [-0.3, -0.25) is 15.5 Å². The average molecular weight is 437 g/mol. The second kappa shape index (κ2) is 9.86. The number of nitrogens with zero attached hydrogens (tertiary/aromatic N) is 3. The number of hydrogen-bond acceptors (Lipinski definition) is 7. The van der Waals surface area contributed by atoms with Crippen LogP contribution in [0.2, 0.25) is 0 Å². The van der Waals surface area contributed by atoms with Crippen LogP contribution in [0.3, 0.4) is 0 Å². The molecule has 27 heavy (non-hydrogen) atoms. The number of aromatic nitrogens is 1. The molecule has 9 heteroatoms. The van der Waals surface area contributed by atoms with Crippen LogP contribution >= 0.6 is 15.9 Å². The van der Waals surface area contributed by atoms with E-state index in [9.17, 15) is 10.1 Å². The number of hydrazone groups is 1. The molecule has 1 atom stereocenters. The van der Waals surface area contributed by atoms with Gasteiger partial charge in [0.15, 0.2) is 11.5 Å². The van der Waals surface area contributed by atoms with E-state index >= 15 is 0 Å². The Morgan fingerprint density at radius 2 is 2.22 bits per heavy atom. The molecule has 0 saturated heterocycles. The van der Waals surface area contributed by atoms with Crippen molar-refractivity contribution in [1.82, 2.24) is 4.98 Å². The predicted octanol–water partition coefficient (Wildman–Crippen LogP) is 4.77. The highest BCUT2D eigenvalue weighted by molar-refractivity contribution is 9.10. The lowest BCUT2D eigenvalue weighted by Crippen LogP contribution is -2.11. The molecule has 0 saturated carbocycles. The fraction of sp³-hybridized carbons (Fsp3) is 0.333. The number of nitro groups is 1. The monoisotopic (exact) mass is 436 g/mol. The van der Waals surface area contributed by atoms with Crippen molar-refractivity contribution >= 4 is 33.6 Å². The number of anilines is 1. The molecule has 8 nitrogen and oxygen atoms in total. The minimum atomic E-state index is -0.518. The maximum absolute atomic E-state index is 11.0. The number of rotatable bonds is 9. The lowest BCUT2D eigenvalue weighted by molar-refractivity contribution is -0.384. The maximum atomic E-state index is 11.0. The van der Waals surface area contributed by atoms with E-state index in [1.807, 2.05) is 26.8 Å². The zero-order chi connectivity index (χ0) is 19.8. The lowest BCUT2D eigenvalue weighted by atomic mass is 10.2. The zero-order valence-corrected chi connectivity index (χ0v) is 16.9. The van der Waals surface area contributed by atoms with E-state index < -0.39 is 4.92 Å². The molecule has 0 aliphatic carbocycles. The topological polar surface area (TPSA) is 98.9 Å². The van der Waals surface area contributed by atoms with Crippen LogP contribution in [0.4, 0.5) is 11.5 Å². The summed E-state index contributed by atoms with van der Waals surface area (Å²) in [5.74, 6) is 1.30. The smallest absolute Gasteiger partial charge is 0.313 e. The Bertz CT molecular complexity index is 829. The van der Waals surface area contributed by atoms with Crippen molar-refractivity contribution in [2.75, 3.05) is 12.0 Å². The summed E-state index contributed by atoms with van der Waals surface area (Å²) in [5.41, 5.74) is 3.18. The van der Waals surface area contributed by atoms with Crippen LogP contribution in [0, 0.1) is 10.1 Å². The zero-order valence-electron chi connectivity index (χ0n) is 15.3. The van der Waals surface area contributed by atoms with E-state index in [1.165, 1.54) is 24.5 Å². The van der Waals surface area contributed by atoms with Gasteiger partial charge in [0.2, 0.25) is 5.82 Å². The highest BCUT2D eigenvalue weighted by atomic mass is 79.9. The molecule has 0 bridgehead atoms. The summed E-state index contributed by atoms with van der Waals surface area (Å²) in [5, 5.41) is 15.0. The van der Waals surface area contributed by atoms with Crippen LogP contribution in [0.25, 0.3) is 0 Å². The van der Waals surface area contributed by atoms with E-state index in [0.717, 1.165) is 16.5 Å². The Hall–Kier alpha value is -2.68. The number of nitrogens with one attached hydrogen (secondary N) is 1. The van der Waals surface area contributed by atoms with Crippen molar-refractivity contribution in [3.05, 3.63) is 50.6 Å². The third-order valence-electron chi connectivity index (χ3n) is 3.59. The van der Waals surface area contributed by atoms with Gasteiger partial charge in [0.05, 0.1) is 28.3 Å². The van der Waals surface area contributed by atoms with E-state index in [-0.39, 0.29) is 17.6 Å². The van der Waals surface area contributed by atoms with E-state index in [0.29, 0.717) is 18.1 Å². The van der Waals surface area contributed by atoms with Gasteiger partial charge in [-0.1, -0.05) is 6.92 Å². The number of hydrogen-bond donors (Lipinski definition) is 1. The second-order valence-electron chi connectivity index (χ2n) is 5.60. The lowest BCUT2D eigenvalue weighted by Gasteiger charge is -2.18. The van der Waals surface area contributed by atoms with Gasteiger partial charge >= 0.3 is 5.69 Å². The Morgan fingerprint density at radius 1 is 1.44 bits per heavy atom. The molecule has 1 aromatic heterocycles. The first-order valence-corrected chi connectivity index (χ1v) is 9.27. The van der Waals surface area contributed by atoms with Gasteiger partial charge in [-0.15, -0.1) is 0 Å². The quantitative estimate of drug-likeness (QED) is 0.345. The van der Waals surface area contributed by atoms with Gasteiger partial charge in [-0.25, -0.2) is 4.98 Å². The summed E-state index contributed by atoms with van der Waals surface area (Å²) in [6, 6.07) is 6.48. The highest BCUT2D eigenvalue weighted by Crippen LogP contribution is 2.37. The molecule has 2 aromatic rings. The third kappa shape index (κ3) is 5.65. The molecule has 0 fully saturated rings. The molecular formula is C18H21BrN4O4. The second-order valence-corrected chi connectivity index (χ2v) is 6.45. The van der Waals surface area contributed by atoms with Crippen LogP contribution in [-0.4, -0.2) is 28.8 Å². The summed E-state index contributed by atoms with van der Waals surface area (Å²) >= 11 is 3.50. The highest BCUT2D eigenvalue weighted by Gasteiger charge is 2.15. The number of ether oxygens (including phenoxy) is 2. The molecule has 0 aliphatic heterocycles. The van der Waals surface area contributed by atoms with Gasteiger partial charge in [-0.05, 0) is 60.0 Å². The normalized spacial score (nSPS) is 12.0. The SMILES string of the molecule is CCOc1cc(/C=N\Nc2ncccc2[N+](=O)[O-])cc(Br)c1O[C@@H](C)CC. The molecule has 0 unspecified atom stereocenters. The fourth-order valence-electron chi connectivity index (χ4n) is 2.12. The molecule has 0 spiro atoms. The number of halogens is 1. The Balaban J connectivity index is 2.24. The molecule has 1 N–H and O–H groups in total. The first kappa shape index (κ1) is 20.6. The van der Waals surface area contributed by atoms with Gasteiger partial charge in [0.25, 0.3) is 0 Å². The van der Waals surface area contributed by atoms with E-state index in [4.69, 9.17) is 9.47 Å². The minimum Gasteiger partial charge on any atom is -0.490 e. The fourth-order valence-corrected chi connectivity index (χ4v) is 2.68. The van der Waals surface area contributed by atoms with Crippen molar-refractivity contribution in [2.24, 2.45) is 5.10 Å². The molecule has 1 aromatic carbocycles. The van der Waals surface area contributed by atoms with Gasteiger partial charge in [-0.2, -0.15) is 5.10 Å². The summed E-state index contributed by atoms with van der Waals surface area (Å²) in [7, 11) is 0. The van der Waals surface area contributed by atoms with Gasteiger partial charge in [0, 0.05) is 12.3 Å². The Kier molecular flexibility index (Phi) is 7.54. The van der Waals surface area contributed by atoms with Crippen molar-refractivity contribution in [3.8, 4) is 11.5 Å². The van der Waals surface area contributed by atoms with Crippen LogP contribution in [0.5, 0.6) is 11.5 Å². The Morgan fingerprint density at radius 3 is 2.89 bits per heavy atom. The molecular weight excluding hydrogens is 416 g/mol. The largest absolute Gasteiger partial charge is 0.490 e. The van der Waals surface area contributed by atoms with Crippen molar-refractivity contribution in [2.45, 2.75) is 33.3 Å². The molecule has 144 valence electrons. The van der Waals surface area contributed by atoms with Crippen LogP contribution in [0.15, 0.2) is 40.0 Å². The van der Waals surface area contributed by atoms with E-state index in [2.05, 4.69) is 31.4 Å². The Labute approximate surface area is 165 Å². The molecule has 0 aliphatic rings. The predicted molar refractivity (Wildman–Crippen MR) is 108 cm³/mol. The third-order valence-corrected chi connectivity index (χ3v) is 4.18. The summed E-state index contributed by atoms with van der Waals surface area (Å²) in [4.78, 5) is 14.4. The van der Waals surface area contributed by atoms with Crippen molar-refractivity contribution in [3.63, 3.8) is 0 Å². The van der Waals surface area contributed by atoms with Crippen molar-refractivity contribution in [1.29, 1.82) is 0 Å². The summed E-state index contributed by atoms with van der Waals surface area (Å²) < 4.78 is 12.3. The number of benzene rings is 1. The maximum Gasteiger partial charge on any atom is 0.313 e.